The van der Waals surface area contributed by atoms with E-state index in [0.717, 1.165) is 12.1 Å². The van der Waals surface area contributed by atoms with Crippen molar-refractivity contribution in [2.45, 2.75) is 51.1 Å². The molecule has 0 aromatic carbocycles. The summed E-state index contributed by atoms with van der Waals surface area (Å²) in [6, 6.07) is 8.04. The fraction of sp³-hybridized carbons (Fsp3) is 0.444. The summed E-state index contributed by atoms with van der Waals surface area (Å²) in [5.74, 6) is 0.799. The van der Waals surface area contributed by atoms with Gasteiger partial charge in [0.2, 0.25) is 0 Å². The van der Waals surface area contributed by atoms with Gasteiger partial charge >= 0.3 is 0 Å². The van der Waals surface area contributed by atoms with Crippen LogP contribution in [0.1, 0.15) is 48.6 Å². The fourth-order valence-electron chi connectivity index (χ4n) is 3.36. The van der Waals surface area contributed by atoms with Crippen molar-refractivity contribution >= 4 is 0 Å². The van der Waals surface area contributed by atoms with Crippen molar-refractivity contribution in [3.05, 3.63) is 53.6 Å². The molecule has 4 heteroatoms. The van der Waals surface area contributed by atoms with E-state index in [1.165, 1.54) is 30.5 Å². The molecule has 2 aromatic heterocycles. The molecule has 2 N–H and O–H groups in total. The molecule has 4 nitrogen and oxygen atoms in total. The smallest absolute Gasteiger partial charge is 0.138 e. The molecule has 1 aliphatic rings. The minimum Gasteiger partial charge on any atom is -0.506 e. The normalized spacial score (nSPS) is 21.7. The highest BCUT2D eigenvalue weighted by atomic mass is 16.3. The first-order valence-corrected chi connectivity index (χ1v) is 8.02. The van der Waals surface area contributed by atoms with Crippen molar-refractivity contribution in [3.63, 3.8) is 0 Å². The van der Waals surface area contributed by atoms with E-state index in [1.807, 2.05) is 12.3 Å². The number of rotatable bonds is 4. The molecule has 22 heavy (non-hydrogen) atoms. The van der Waals surface area contributed by atoms with Crippen molar-refractivity contribution in [1.29, 1.82) is 0 Å². The minimum atomic E-state index is 0.267. The van der Waals surface area contributed by atoms with E-state index in [4.69, 9.17) is 0 Å². The first-order valence-electron chi connectivity index (χ1n) is 8.02. The third kappa shape index (κ3) is 3.45. The van der Waals surface area contributed by atoms with Gasteiger partial charge < -0.3 is 10.4 Å². The second kappa shape index (κ2) is 6.88. The van der Waals surface area contributed by atoms with Gasteiger partial charge in [-0.25, -0.2) is 0 Å². The third-order valence-electron chi connectivity index (χ3n) is 4.54. The molecule has 1 aliphatic carbocycles. The molecule has 0 bridgehead atoms. The van der Waals surface area contributed by atoms with Crippen LogP contribution in [0.5, 0.6) is 5.75 Å². The third-order valence-corrected chi connectivity index (χ3v) is 4.54. The van der Waals surface area contributed by atoms with Gasteiger partial charge in [0.25, 0.3) is 0 Å². The van der Waals surface area contributed by atoms with Crippen molar-refractivity contribution in [2.24, 2.45) is 0 Å². The molecule has 2 aromatic rings. The van der Waals surface area contributed by atoms with E-state index >= 15 is 0 Å². The minimum absolute atomic E-state index is 0.267. The van der Waals surface area contributed by atoms with Gasteiger partial charge in [0.1, 0.15) is 5.75 Å². The SMILES string of the molecule is Cc1cccnc1[C@@H]1CCC[C@H](NCc2ncccc2O)C1. The van der Waals surface area contributed by atoms with Crippen LogP contribution in [0.25, 0.3) is 0 Å². The highest BCUT2D eigenvalue weighted by Gasteiger charge is 2.25. The Morgan fingerprint density at radius 1 is 1.18 bits per heavy atom. The molecule has 1 fully saturated rings. The lowest BCUT2D eigenvalue weighted by atomic mass is 9.82. The van der Waals surface area contributed by atoms with Crippen molar-refractivity contribution < 1.29 is 5.11 Å². The molecular weight excluding hydrogens is 274 g/mol. The number of hydrogen-bond donors (Lipinski definition) is 2. The summed E-state index contributed by atoms with van der Waals surface area (Å²) in [6.07, 6.45) is 8.32. The predicted molar refractivity (Wildman–Crippen MR) is 86.7 cm³/mol. The van der Waals surface area contributed by atoms with Crippen LogP contribution in [0.4, 0.5) is 0 Å². The fourth-order valence-corrected chi connectivity index (χ4v) is 3.36. The summed E-state index contributed by atoms with van der Waals surface area (Å²) in [5, 5.41) is 13.3. The molecule has 0 amide bonds. The van der Waals surface area contributed by atoms with Crippen LogP contribution in [0, 0.1) is 6.92 Å². The molecule has 116 valence electrons. The number of nitrogens with one attached hydrogen (secondary N) is 1. The Kier molecular flexibility index (Phi) is 4.68. The lowest BCUT2D eigenvalue weighted by molar-refractivity contribution is 0.331. The van der Waals surface area contributed by atoms with E-state index in [9.17, 15) is 5.11 Å². The number of hydrogen-bond acceptors (Lipinski definition) is 4. The van der Waals surface area contributed by atoms with Gasteiger partial charge in [-0.1, -0.05) is 12.5 Å². The molecule has 2 atom stereocenters. The molecule has 0 unspecified atom stereocenters. The summed E-state index contributed by atoms with van der Waals surface area (Å²) < 4.78 is 0. The Labute approximate surface area is 131 Å². The van der Waals surface area contributed by atoms with Crippen LogP contribution in [0.15, 0.2) is 36.7 Å². The van der Waals surface area contributed by atoms with Gasteiger partial charge in [0.05, 0.1) is 5.69 Å². The lowest BCUT2D eigenvalue weighted by Gasteiger charge is -2.30. The predicted octanol–water partition coefficient (Wildman–Crippen LogP) is 3.31. The molecule has 1 saturated carbocycles. The van der Waals surface area contributed by atoms with Crippen molar-refractivity contribution in [3.8, 4) is 5.75 Å². The first kappa shape index (κ1) is 15.0. The molecular formula is C18H23N3O. The summed E-state index contributed by atoms with van der Waals surface area (Å²) in [4.78, 5) is 8.82. The molecule has 2 heterocycles. The molecule has 0 radical (unpaired) electrons. The Hall–Kier alpha value is -1.94. The molecule has 0 saturated heterocycles. The molecule has 0 spiro atoms. The maximum atomic E-state index is 9.79. The van der Waals surface area contributed by atoms with Gasteiger partial charge in [-0.2, -0.15) is 0 Å². The van der Waals surface area contributed by atoms with Crippen molar-refractivity contribution in [2.75, 3.05) is 0 Å². The van der Waals surface area contributed by atoms with Gasteiger partial charge in [0.15, 0.2) is 0 Å². The van der Waals surface area contributed by atoms with Crippen LogP contribution in [0.3, 0.4) is 0 Å². The number of aryl methyl sites for hydroxylation is 1. The van der Waals surface area contributed by atoms with E-state index in [1.54, 1.807) is 18.3 Å². The van der Waals surface area contributed by atoms with Crippen LogP contribution in [0.2, 0.25) is 0 Å². The molecule has 0 aliphatic heterocycles. The highest BCUT2D eigenvalue weighted by Crippen LogP contribution is 2.33. The monoisotopic (exact) mass is 297 g/mol. The largest absolute Gasteiger partial charge is 0.506 e. The number of aromatic hydroxyl groups is 1. The average Bonchev–Trinajstić information content (AvgIpc) is 2.55. The summed E-state index contributed by atoms with van der Waals surface area (Å²) >= 11 is 0. The summed E-state index contributed by atoms with van der Waals surface area (Å²) in [5.41, 5.74) is 3.25. The van der Waals surface area contributed by atoms with Gasteiger partial charge in [-0.05, 0) is 49.9 Å². The maximum absolute atomic E-state index is 9.79. The number of aromatic nitrogens is 2. The Balaban J connectivity index is 1.62. The van der Waals surface area contributed by atoms with Gasteiger partial charge in [-0.15, -0.1) is 0 Å². The lowest BCUT2D eigenvalue weighted by Crippen LogP contribution is -2.33. The van der Waals surface area contributed by atoms with Crippen LogP contribution in [-0.4, -0.2) is 21.1 Å². The van der Waals surface area contributed by atoms with E-state index < -0.39 is 0 Å². The van der Waals surface area contributed by atoms with Gasteiger partial charge in [-0.3, -0.25) is 9.97 Å². The number of pyridine rings is 2. The Morgan fingerprint density at radius 3 is 2.82 bits per heavy atom. The first-order chi connectivity index (χ1) is 10.7. The van der Waals surface area contributed by atoms with Crippen LogP contribution >= 0.6 is 0 Å². The zero-order chi connectivity index (χ0) is 15.4. The summed E-state index contributed by atoms with van der Waals surface area (Å²) in [6.45, 7) is 2.76. The zero-order valence-electron chi connectivity index (χ0n) is 13.0. The van der Waals surface area contributed by atoms with Crippen LogP contribution in [-0.2, 0) is 6.54 Å². The van der Waals surface area contributed by atoms with Gasteiger partial charge in [0, 0.05) is 36.6 Å². The maximum Gasteiger partial charge on any atom is 0.138 e. The van der Waals surface area contributed by atoms with E-state index in [2.05, 4.69) is 28.3 Å². The quantitative estimate of drug-likeness (QED) is 0.909. The standard InChI is InChI=1S/C18H23N3O/c1-13-5-3-10-20-18(13)14-6-2-7-15(11-14)21-12-16-17(22)8-4-9-19-16/h3-5,8-10,14-15,21-22H,2,6-7,11-12H2,1H3/t14-,15+/m1/s1. The Morgan fingerprint density at radius 2 is 2.00 bits per heavy atom. The second-order valence-electron chi connectivity index (χ2n) is 6.12. The highest BCUT2D eigenvalue weighted by molar-refractivity contribution is 5.25. The van der Waals surface area contributed by atoms with Crippen molar-refractivity contribution in [1.82, 2.24) is 15.3 Å². The summed E-state index contributed by atoms with van der Waals surface area (Å²) in [7, 11) is 0. The van der Waals surface area contributed by atoms with Crippen LogP contribution < -0.4 is 5.32 Å². The Bertz CT molecular complexity index is 629. The van der Waals surface area contributed by atoms with E-state index in [0.29, 0.717) is 18.5 Å². The molecule has 3 rings (SSSR count). The second-order valence-corrected chi connectivity index (χ2v) is 6.12. The van der Waals surface area contributed by atoms with E-state index in [-0.39, 0.29) is 5.75 Å². The number of nitrogens with zero attached hydrogens (tertiary/aromatic N) is 2. The zero-order valence-corrected chi connectivity index (χ0v) is 13.0. The average molecular weight is 297 g/mol. The topological polar surface area (TPSA) is 58.0 Å².